The second-order valence-electron chi connectivity index (χ2n) is 6.49. The average molecular weight is 402 g/mol. The summed E-state index contributed by atoms with van der Waals surface area (Å²) in [7, 11) is 0. The van der Waals surface area contributed by atoms with Gasteiger partial charge in [0.2, 0.25) is 0 Å². The summed E-state index contributed by atoms with van der Waals surface area (Å²) in [5, 5.41) is 11.2. The Morgan fingerprint density at radius 2 is 1.92 bits per heavy atom. The highest BCUT2D eigenvalue weighted by molar-refractivity contribution is 9.10. The molecule has 1 aliphatic heterocycles. The third kappa shape index (κ3) is 2.92. The number of aryl methyl sites for hydroxylation is 2. The maximum absolute atomic E-state index is 12.8. The van der Waals surface area contributed by atoms with Crippen LogP contribution in [0.25, 0.3) is 0 Å². The van der Waals surface area contributed by atoms with Crippen molar-refractivity contribution in [3.05, 3.63) is 63.1 Å². The lowest BCUT2D eigenvalue weighted by Crippen LogP contribution is -2.41. The maximum Gasteiger partial charge on any atom is 0.264 e. The van der Waals surface area contributed by atoms with Gasteiger partial charge < -0.3 is 10.0 Å². The van der Waals surface area contributed by atoms with E-state index in [9.17, 15) is 14.7 Å². The van der Waals surface area contributed by atoms with Gasteiger partial charge >= 0.3 is 0 Å². The van der Waals surface area contributed by atoms with E-state index in [0.717, 1.165) is 15.6 Å². The Morgan fingerprint density at radius 3 is 2.56 bits per heavy atom. The highest BCUT2D eigenvalue weighted by Crippen LogP contribution is 2.44. The van der Waals surface area contributed by atoms with Crippen LogP contribution in [-0.2, 0) is 10.4 Å². The Labute approximate surface area is 155 Å². The molecule has 0 aliphatic carbocycles. The Morgan fingerprint density at radius 1 is 1.20 bits per heavy atom. The molecule has 4 nitrogen and oxygen atoms in total. The molecule has 0 saturated heterocycles. The van der Waals surface area contributed by atoms with E-state index in [4.69, 9.17) is 0 Å². The molecule has 2 aromatic rings. The Kier molecular flexibility index (Phi) is 4.56. The van der Waals surface area contributed by atoms with Crippen LogP contribution < -0.4 is 4.90 Å². The van der Waals surface area contributed by atoms with Crippen molar-refractivity contribution in [3.8, 4) is 0 Å². The van der Waals surface area contributed by atoms with Crippen molar-refractivity contribution in [2.45, 2.75) is 32.8 Å². The fourth-order valence-corrected chi connectivity index (χ4v) is 3.82. The predicted octanol–water partition coefficient (Wildman–Crippen LogP) is 3.89. The summed E-state index contributed by atoms with van der Waals surface area (Å²) < 4.78 is 0.759. The summed E-state index contributed by atoms with van der Waals surface area (Å²) in [5.41, 5.74) is 1.76. The molecule has 25 heavy (non-hydrogen) atoms. The molecule has 1 aliphatic rings. The summed E-state index contributed by atoms with van der Waals surface area (Å²) in [5.74, 6) is -0.682. The second-order valence-corrected chi connectivity index (χ2v) is 7.41. The number of anilines is 1. The van der Waals surface area contributed by atoms with Crippen molar-refractivity contribution in [2.75, 3.05) is 11.4 Å². The van der Waals surface area contributed by atoms with E-state index < -0.39 is 11.5 Å². The van der Waals surface area contributed by atoms with E-state index in [-0.39, 0.29) is 12.2 Å². The van der Waals surface area contributed by atoms with Gasteiger partial charge in [0.05, 0.1) is 12.1 Å². The van der Waals surface area contributed by atoms with Crippen LogP contribution in [0.2, 0.25) is 0 Å². The number of halogens is 1. The number of hydrogen-bond donors (Lipinski definition) is 1. The number of carbonyl (C=O) groups is 2. The lowest BCUT2D eigenvalue weighted by atomic mass is 9.87. The van der Waals surface area contributed by atoms with Crippen LogP contribution in [0.15, 0.2) is 40.9 Å². The van der Waals surface area contributed by atoms with Crippen molar-refractivity contribution < 1.29 is 14.7 Å². The zero-order valence-corrected chi connectivity index (χ0v) is 16.1. The van der Waals surface area contributed by atoms with Gasteiger partial charge in [-0.3, -0.25) is 9.59 Å². The van der Waals surface area contributed by atoms with Crippen molar-refractivity contribution in [2.24, 2.45) is 0 Å². The molecule has 0 radical (unpaired) electrons. The summed E-state index contributed by atoms with van der Waals surface area (Å²) in [6, 6.07) is 10.9. The number of nitrogens with zero attached hydrogens (tertiary/aromatic N) is 1. The third-order valence-corrected chi connectivity index (χ3v) is 5.20. The zero-order valence-electron chi connectivity index (χ0n) is 14.5. The molecule has 1 atom stereocenters. The lowest BCUT2D eigenvalue weighted by molar-refractivity contribution is -0.135. The number of fused-ring (bicyclic) bond motifs is 1. The summed E-state index contributed by atoms with van der Waals surface area (Å²) in [6.45, 7) is 6.11. The predicted molar refractivity (Wildman–Crippen MR) is 101 cm³/mol. The number of carbonyl (C=O) groups excluding carboxylic acids is 2. The maximum atomic E-state index is 12.8. The first-order valence-electron chi connectivity index (χ1n) is 8.22. The molecule has 3 rings (SSSR count). The molecule has 1 unspecified atom stereocenters. The van der Waals surface area contributed by atoms with Gasteiger partial charge in [-0.1, -0.05) is 39.7 Å². The largest absolute Gasteiger partial charge is 0.375 e. The Hall–Kier alpha value is -1.98. The number of Topliss-reactive ketones (excluding diaryl/α,β-unsaturated/α-hetero) is 1. The monoisotopic (exact) mass is 401 g/mol. The molecular weight excluding hydrogens is 382 g/mol. The first-order valence-corrected chi connectivity index (χ1v) is 9.02. The molecule has 0 bridgehead atoms. The van der Waals surface area contributed by atoms with Gasteiger partial charge in [-0.25, -0.2) is 0 Å². The SMILES string of the molecule is CCN1C(=O)C(O)(CC(=O)c2ccc(C)cc2C)c2cc(Br)ccc21. The minimum absolute atomic E-state index is 0.239. The highest BCUT2D eigenvalue weighted by atomic mass is 79.9. The second kappa shape index (κ2) is 6.39. The quantitative estimate of drug-likeness (QED) is 0.790. The number of rotatable bonds is 4. The van der Waals surface area contributed by atoms with Gasteiger partial charge in [0.25, 0.3) is 5.91 Å². The van der Waals surface area contributed by atoms with Crippen LogP contribution in [0.5, 0.6) is 0 Å². The number of ketones is 1. The summed E-state index contributed by atoms with van der Waals surface area (Å²) >= 11 is 3.38. The molecule has 0 aromatic heterocycles. The van der Waals surface area contributed by atoms with Crippen LogP contribution in [0.4, 0.5) is 5.69 Å². The molecule has 1 N–H and O–H groups in total. The van der Waals surface area contributed by atoms with Crippen molar-refractivity contribution in [3.63, 3.8) is 0 Å². The topological polar surface area (TPSA) is 57.6 Å². The van der Waals surface area contributed by atoms with E-state index in [2.05, 4.69) is 15.9 Å². The molecule has 0 spiro atoms. The lowest BCUT2D eigenvalue weighted by Gasteiger charge is -2.22. The molecule has 2 aromatic carbocycles. The molecule has 5 heteroatoms. The number of likely N-dealkylation sites (N-methyl/N-ethyl adjacent to an activating group) is 1. The Balaban J connectivity index is 2.02. The van der Waals surface area contributed by atoms with Crippen molar-refractivity contribution in [1.29, 1.82) is 0 Å². The first-order chi connectivity index (χ1) is 11.8. The zero-order chi connectivity index (χ0) is 18.4. The van der Waals surface area contributed by atoms with Gasteiger partial charge in [-0.15, -0.1) is 0 Å². The van der Waals surface area contributed by atoms with Crippen LogP contribution in [0.3, 0.4) is 0 Å². The molecule has 0 fully saturated rings. The first kappa shape index (κ1) is 17.8. The summed E-state index contributed by atoms with van der Waals surface area (Å²) in [4.78, 5) is 27.2. The summed E-state index contributed by atoms with van der Waals surface area (Å²) in [6.07, 6.45) is -0.268. The van der Waals surface area contributed by atoms with Gasteiger partial charge in [-0.05, 0) is 44.5 Å². The van der Waals surface area contributed by atoms with Crippen molar-refractivity contribution in [1.82, 2.24) is 0 Å². The number of benzene rings is 2. The molecule has 1 heterocycles. The minimum atomic E-state index is -1.83. The van der Waals surface area contributed by atoms with Gasteiger partial charge in [0, 0.05) is 22.1 Å². The molecule has 130 valence electrons. The average Bonchev–Trinajstić information content (AvgIpc) is 2.75. The Bertz CT molecular complexity index is 877. The van der Waals surface area contributed by atoms with E-state index in [1.54, 1.807) is 18.2 Å². The van der Waals surface area contributed by atoms with E-state index in [1.807, 2.05) is 39.0 Å². The smallest absolute Gasteiger partial charge is 0.264 e. The molecular formula is C20H20BrNO3. The highest BCUT2D eigenvalue weighted by Gasteiger charge is 2.50. The number of amides is 1. The van der Waals surface area contributed by atoms with E-state index in [0.29, 0.717) is 23.4 Å². The van der Waals surface area contributed by atoms with Crippen LogP contribution in [-0.4, -0.2) is 23.3 Å². The number of aliphatic hydroxyl groups is 1. The van der Waals surface area contributed by atoms with Gasteiger partial charge in [-0.2, -0.15) is 0 Å². The van der Waals surface area contributed by atoms with Crippen molar-refractivity contribution >= 4 is 33.3 Å². The van der Waals surface area contributed by atoms with E-state index >= 15 is 0 Å². The van der Waals surface area contributed by atoms with Gasteiger partial charge in [0.15, 0.2) is 11.4 Å². The van der Waals surface area contributed by atoms with Crippen LogP contribution >= 0.6 is 15.9 Å². The molecule has 0 saturated carbocycles. The minimum Gasteiger partial charge on any atom is -0.375 e. The van der Waals surface area contributed by atoms with Crippen LogP contribution in [0, 0.1) is 13.8 Å². The van der Waals surface area contributed by atoms with Crippen LogP contribution in [0.1, 0.15) is 40.4 Å². The fourth-order valence-electron chi connectivity index (χ4n) is 3.46. The normalized spacial score (nSPS) is 19.2. The standard InChI is InChI=1S/C20H20BrNO3/c1-4-22-17-8-6-14(21)10-16(17)20(25,19(22)24)11-18(23)15-7-5-12(2)9-13(15)3/h5-10,25H,4,11H2,1-3H3. The fraction of sp³-hybridized carbons (Fsp3) is 0.300. The third-order valence-electron chi connectivity index (χ3n) is 4.71. The van der Waals surface area contributed by atoms with E-state index in [1.165, 1.54) is 4.90 Å². The number of hydrogen-bond acceptors (Lipinski definition) is 3. The van der Waals surface area contributed by atoms with Gasteiger partial charge in [0.1, 0.15) is 0 Å². The molecule has 1 amide bonds.